The topological polar surface area (TPSA) is 4.93 Å². The van der Waals surface area contributed by atoms with E-state index in [9.17, 15) is 0 Å². The van der Waals surface area contributed by atoms with E-state index in [1.807, 2.05) is 0 Å². The third kappa shape index (κ3) is 3.87. The molecule has 0 fully saturated rings. The van der Waals surface area contributed by atoms with Crippen LogP contribution in [-0.2, 0) is 10.8 Å². The second-order valence-corrected chi connectivity index (χ2v) is 11.2. The predicted octanol–water partition coefficient (Wildman–Crippen LogP) is 9.28. The smallest absolute Gasteiger partial charge is 0.0541 e. The zero-order valence-corrected chi connectivity index (χ0v) is 21.2. The molecule has 0 radical (unpaired) electrons. The van der Waals surface area contributed by atoms with Crippen LogP contribution in [0.5, 0.6) is 0 Å². The Morgan fingerprint density at radius 3 is 1.75 bits per heavy atom. The lowest BCUT2D eigenvalue weighted by atomic mass is 9.81. The zero-order chi connectivity index (χ0) is 23.3. The molecule has 1 nitrogen and oxygen atoms in total. The van der Waals surface area contributed by atoms with Gasteiger partial charge in [-0.15, -0.1) is 0 Å². The van der Waals surface area contributed by atoms with Gasteiger partial charge in [0, 0.05) is 16.5 Å². The van der Waals surface area contributed by atoms with Crippen LogP contribution in [0.2, 0.25) is 0 Å². The maximum atomic E-state index is 2.44. The van der Waals surface area contributed by atoms with Crippen molar-refractivity contribution in [2.75, 3.05) is 0 Å². The SMILES string of the molecule is CCC(C)c1ccc(-n2c3ccc(C(C)(C)C)cc3c3cc(C(C)(C)CC)ccc32)cc1. The van der Waals surface area contributed by atoms with E-state index in [0.29, 0.717) is 5.92 Å². The number of hydrogen-bond acceptors (Lipinski definition) is 0. The molecule has 32 heavy (non-hydrogen) atoms. The van der Waals surface area contributed by atoms with Crippen LogP contribution < -0.4 is 0 Å². The molecule has 0 saturated heterocycles. The number of fused-ring (bicyclic) bond motifs is 3. The van der Waals surface area contributed by atoms with Gasteiger partial charge >= 0.3 is 0 Å². The standard InChI is InChI=1S/C31H39N/c1-9-21(3)22-11-15-25(16-12-22)32-28-17-13-23(30(4,5)6)19-26(28)27-20-24(14-18-29(27)32)31(7,8)10-2/h11-21H,9-10H2,1-8H3. The van der Waals surface area contributed by atoms with Crippen LogP contribution >= 0.6 is 0 Å². The Hall–Kier alpha value is -2.54. The van der Waals surface area contributed by atoms with Gasteiger partial charge in [0.1, 0.15) is 0 Å². The van der Waals surface area contributed by atoms with Crippen molar-refractivity contribution in [2.45, 2.75) is 85.0 Å². The maximum absolute atomic E-state index is 2.44. The van der Waals surface area contributed by atoms with Crippen molar-refractivity contribution in [3.63, 3.8) is 0 Å². The first-order valence-electron chi connectivity index (χ1n) is 12.3. The van der Waals surface area contributed by atoms with Crippen molar-refractivity contribution >= 4 is 21.8 Å². The second-order valence-electron chi connectivity index (χ2n) is 11.2. The van der Waals surface area contributed by atoms with E-state index in [1.165, 1.54) is 50.6 Å². The third-order valence-corrected chi connectivity index (χ3v) is 7.63. The number of rotatable bonds is 5. The molecule has 4 rings (SSSR count). The largest absolute Gasteiger partial charge is 0.309 e. The van der Waals surface area contributed by atoms with E-state index >= 15 is 0 Å². The average molecular weight is 426 g/mol. The molecule has 4 aromatic rings. The minimum atomic E-state index is 0.126. The van der Waals surface area contributed by atoms with Gasteiger partial charge in [0.25, 0.3) is 0 Å². The molecule has 0 spiro atoms. The van der Waals surface area contributed by atoms with Crippen LogP contribution in [0, 0.1) is 0 Å². The quantitative estimate of drug-likeness (QED) is 0.300. The summed E-state index contributed by atoms with van der Waals surface area (Å²) in [5.41, 5.74) is 8.33. The Labute approximate surface area is 194 Å². The van der Waals surface area contributed by atoms with E-state index in [2.05, 4.69) is 121 Å². The number of aromatic nitrogens is 1. The van der Waals surface area contributed by atoms with Crippen LogP contribution in [0.4, 0.5) is 0 Å². The molecular formula is C31H39N. The fourth-order valence-electron chi connectivity index (χ4n) is 4.58. The van der Waals surface area contributed by atoms with Crippen LogP contribution in [-0.4, -0.2) is 4.57 Å². The summed E-state index contributed by atoms with van der Waals surface area (Å²) in [6.45, 7) is 18.4. The van der Waals surface area contributed by atoms with E-state index in [-0.39, 0.29) is 10.8 Å². The molecule has 0 aliphatic carbocycles. The highest BCUT2D eigenvalue weighted by molar-refractivity contribution is 6.09. The van der Waals surface area contributed by atoms with Crippen molar-refractivity contribution in [2.24, 2.45) is 0 Å². The Bertz CT molecular complexity index is 1250. The molecule has 1 aromatic heterocycles. The highest BCUT2D eigenvalue weighted by atomic mass is 15.0. The lowest BCUT2D eigenvalue weighted by Gasteiger charge is -2.23. The average Bonchev–Trinajstić information content (AvgIpc) is 3.11. The molecule has 0 amide bonds. The Morgan fingerprint density at radius 1 is 0.719 bits per heavy atom. The summed E-state index contributed by atoms with van der Waals surface area (Å²) in [7, 11) is 0. The summed E-state index contributed by atoms with van der Waals surface area (Å²) in [6, 6.07) is 23.4. The summed E-state index contributed by atoms with van der Waals surface area (Å²) < 4.78 is 2.44. The molecule has 0 bridgehead atoms. The minimum Gasteiger partial charge on any atom is -0.309 e. The summed E-state index contributed by atoms with van der Waals surface area (Å²) in [6.07, 6.45) is 2.29. The molecule has 0 aliphatic heterocycles. The fourth-order valence-corrected chi connectivity index (χ4v) is 4.58. The number of nitrogens with zero attached hydrogens (tertiary/aromatic N) is 1. The van der Waals surface area contributed by atoms with Crippen molar-refractivity contribution in [3.8, 4) is 5.69 Å². The number of hydrogen-bond donors (Lipinski definition) is 0. The maximum Gasteiger partial charge on any atom is 0.0541 e. The molecule has 1 heteroatoms. The first-order valence-corrected chi connectivity index (χ1v) is 12.3. The van der Waals surface area contributed by atoms with E-state index in [0.717, 1.165) is 6.42 Å². The van der Waals surface area contributed by atoms with Crippen LogP contribution in [0.3, 0.4) is 0 Å². The molecular weight excluding hydrogens is 386 g/mol. The molecule has 3 aromatic carbocycles. The van der Waals surface area contributed by atoms with Crippen molar-refractivity contribution in [1.82, 2.24) is 4.57 Å². The van der Waals surface area contributed by atoms with Gasteiger partial charge in [0.2, 0.25) is 0 Å². The monoisotopic (exact) mass is 425 g/mol. The lowest BCUT2D eigenvalue weighted by molar-refractivity contribution is 0.507. The van der Waals surface area contributed by atoms with Gasteiger partial charge in [-0.3, -0.25) is 0 Å². The Balaban J connectivity index is 2.01. The number of benzene rings is 3. The van der Waals surface area contributed by atoms with Gasteiger partial charge in [0.15, 0.2) is 0 Å². The normalized spacial score (nSPS) is 13.8. The van der Waals surface area contributed by atoms with Gasteiger partial charge in [-0.1, -0.05) is 79.7 Å². The lowest BCUT2D eigenvalue weighted by Crippen LogP contribution is -2.15. The predicted molar refractivity (Wildman–Crippen MR) is 142 cm³/mol. The Kier molecular flexibility index (Phi) is 5.74. The molecule has 1 atom stereocenters. The van der Waals surface area contributed by atoms with Gasteiger partial charge in [-0.25, -0.2) is 0 Å². The van der Waals surface area contributed by atoms with Crippen molar-refractivity contribution < 1.29 is 0 Å². The first-order chi connectivity index (χ1) is 15.1. The van der Waals surface area contributed by atoms with Crippen molar-refractivity contribution in [1.29, 1.82) is 0 Å². The van der Waals surface area contributed by atoms with Crippen LogP contribution in [0.15, 0.2) is 60.7 Å². The fraction of sp³-hybridized carbons (Fsp3) is 0.419. The first kappa shape index (κ1) is 22.6. The summed E-state index contributed by atoms with van der Waals surface area (Å²) >= 11 is 0. The molecule has 0 aliphatic rings. The van der Waals surface area contributed by atoms with E-state index in [1.54, 1.807) is 0 Å². The molecule has 1 unspecified atom stereocenters. The summed E-state index contributed by atoms with van der Waals surface area (Å²) in [5.74, 6) is 0.593. The third-order valence-electron chi connectivity index (χ3n) is 7.63. The van der Waals surface area contributed by atoms with Crippen molar-refractivity contribution in [3.05, 3.63) is 77.4 Å². The Morgan fingerprint density at radius 2 is 1.25 bits per heavy atom. The highest BCUT2D eigenvalue weighted by Gasteiger charge is 2.22. The summed E-state index contributed by atoms with van der Waals surface area (Å²) in [4.78, 5) is 0. The summed E-state index contributed by atoms with van der Waals surface area (Å²) in [5, 5.41) is 2.71. The molecule has 1 heterocycles. The van der Waals surface area contributed by atoms with Gasteiger partial charge < -0.3 is 4.57 Å². The second kappa shape index (κ2) is 8.10. The highest BCUT2D eigenvalue weighted by Crippen LogP contribution is 2.38. The van der Waals surface area contributed by atoms with Gasteiger partial charge in [-0.05, 0) is 82.7 Å². The van der Waals surface area contributed by atoms with E-state index in [4.69, 9.17) is 0 Å². The molecule has 168 valence electrons. The molecule has 0 N–H and O–H groups in total. The van der Waals surface area contributed by atoms with Crippen LogP contribution in [0.1, 0.15) is 90.8 Å². The molecule has 0 saturated carbocycles. The minimum absolute atomic E-state index is 0.126. The van der Waals surface area contributed by atoms with Gasteiger partial charge in [-0.2, -0.15) is 0 Å². The van der Waals surface area contributed by atoms with Crippen LogP contribution in [0.25, 0.3) is 27.5 Å². The van der Waals surface area contributed by atoms with E-state index < -0.39 is 0 Å². The van der Waals surface area contributed by atoms with Gasteiger partial charge in [0.05, 0.1) is 11.0 Å². The zero-order valence-electron chi connectivity index (χ0n) is 21.2.